The molecule has 0 aliphatic rings. The predicted molar refractivity (Wildman–Crippen MR) is 66.4 cm³/mol. The molecule has 1 aromatic rings. The first-order valence-electron chi connectivity index (χ1n) is 5.82. The van der Waals surface area contributed by atoms with E-state index < -0.39 is 18.1 Å². The van der Waals surface area contributed by atoms with E-state index in [0.29, 0.717) is 6.54 Å². The lowest BCUT2D eigenvalue weighted by atomic mass is 10.2. The summed E-state index contributed by atoms with van der Waals surface area (Å²) in [6, 6.07) is -0.416. The van der Waals surface area contributed by atoms with Crippen LogP contribution in [0.4, 0.5) is 4.79 Å². The second-order valence-electron chi connectivity index (χ2n) is 4.17. The zero-order valence-corrected chi connectivity index (χ0v) is 10.9. The summed E-state index contributed by atoms with van der Waals surface area (Å²) in [5.41, 5.74) is 1.74. The van der Waals surface area contributed by atoms with Crippen molar-refractivity contribution in [2.75, 3.05) is 6.54 Å². The normalized spacial score (nSPS) is 11.9. The van der Waals surface area contributed by atoms with Gasteiger partial charge in [-0.3, -0.25) is 4.68 Å². The van der Waals surface area contributed by atoms with E-state index in [1.54, 1.807) is 11.7 Å². The summed E-state index contributed by atoms with van der Waals surface area (Å²) in [6.45, 7) is 2.27. The Balaban J connectivity index is 2.25. The third kappa shape index (κ3) is 4.96. The van der Waals surface area contributed by atoms with Crippen molar-refractivity contribution in [1.29, 1.82) is 0 Å². The van der Waals surface area contributed by atoms with E-state index in [1.807, 2.05) is 13.1 Å². The molecule has 0 saturated carbocycles. The van der Waals surface area contributed by atoms with Gasteiger partial charge in [-0.2, -0.15) is 5.10 Å². The van der Waals surface area contributed by atoms with Crippen molar-refractivity contribution >= 4 is 12.0 Å². The van der Waals surface area contributed by atoms with Crippen molar-refractivity contribution in [2.24, 2.45) is 7.05 Å². The van der Waals surface area contributed by atoms with Crippen LogP contribution in [-0.4, -0.2) is 44.6 Å². The second-order valence-corrected chi connectivity index (χ2v) is 4.17. The zero-order chi connectivity index (χ0) is 14.4. The fraction of sp³-hybridized carbons (Fsp3) is 0.545. The first-order valence-corrected chi connectivity index (χ1v) is 5.82. The minimum atomic E-state index is -1.46. The van der Waals surface area contributed by atoms with Gasteiger partial charge in [-0.25, -0.2) is 9.59 Å². The van der Waals surface area contributed by atoms with Crippen molar-refractivity contribution in [3.05, 3.63) is 17.5 Å². The number of rotatable bonds is 6. The molecule has 8 heteroatoms. The van der Waals surface area contributed by atoms with E-state index >= 15 is 0 Å². The number of carboxylic acids is 1. The molecule has 1 aromatic heterocycles. The van der Waals surface area contributed by atoms with Crippen molar-refractivity contribution in [3.8, 4) is 0 Å². The summed E-state index contributed by atoms with van der Waals surface area (Å²) >= 11 is 0. The summed E-state index contributed by atoms with van der Waals surface area (Å²) in [7, 11) is 1.80. The van der Waals surface area contributed by atoms with E-state index in [0.717, 1.165) is 11.3 Å². The number of hydrogen-bond acceptors (Lipinski definition) is 4. The highest BCUT2D eigenvalue weighted by Gasteiger charge is 2.12. The molecule has 0 aliphatic carbocycles. The van der Waals surface area contributed by atoms with Crippen LogP contribution in [0, 0.1) is 6.92 Å². The number of nitrogens with zero attached hydrogens (tertiary/aromatic N) is 2. The molecule has 0 aromatic carbocycles. The summed E-state index contributed by atoms with van der Waals surface area (Å²) in [5, 5.41) is 26.7. The standard InChI is InChI=1S/C11H18N4O4/c1-7-8(6-15(2)14-7)5-13-11(19)12-4-3-9(16)10(17)18/h6,9,16H,3-5H2,1-2H3,(H,17,18)(H2,12,13,19)/t9-/m0/s1. The topological polar surface area (TPSA) is 116 Å². The molecule has 106 valence electrons. The van der Waals surface area contributed by atoms with E-state index in [2.05, 4.69) is 15.7 Å². The fourth-order valence-electron chi connectivity index (χ4n) is 1.51. The van der Waals surface area contributed by atoms with Gasteiger partial charge in [0, 0.05) is 38.3 Å². The van der Waals surface area contributed by atoms with Gasteiger partial charge >= 0.3 is 12.0 Å². The molecule has 2 amide bonds. The molecule has 0 radical (unpaired) electrons. The van der Waals surface area contributed by atoms with Crippen LogP contribution in [-0.2, 0) is 18.4 Å². The van der Waals surface area contributed by atoms with Gasteiger partial charge in [0.25, 0.3) is 0 Å². The van der Waals surface area contributed by atoms with E-state index in [-0.39, 0.29) is 13.0 Å². The first kappa shape index (κ1) is 15.0. The molecule has 1 heterocycles. The first-order chi connectivity index (χ1) is 8.90. The van der Waals surface area contributed by atoms with Gasteiger partial charge in [-0.1, -0.05) is 0 Å². The van der Waals surface area contributed by atoms with Gasteiger partial charge in [0.1, 0.15) is 0 Å². The number of amides is 2. The van der Waals surface area contributed by atoms with Crippen LogP contribution in [0.25, 0.3) is 0 Å². The maximum Gasteiger partial charge on any atom is 0.332 e. The highest BCUT2D eigenvalue weighted by molar-refractivity contribution is 5.74. The zero-order valence-electron chi connectivity index (χ0n) is 10.9. The summed E-state index contributed by atoms with van der Waals surface area (Å²) in [6.07, 6.45) is 0.319. The number of carbonyl (C=O) groups excluding carboxylic acids is 1. The van der Waals surface area contributed by atoms with Crippen LogP contribution >= 0.6 is 0 Å². The maximum absolute atomic E-state index is 11.4. The minimum absolute atomic E-state index is 0.0331. The van der Waals surface area contributed by atoms with Crippen LogP contribution in [0.5, 0.6) is 0 Å². The highest BCUT2D eigenvalue weighted by atomic mass is 16.4. The van der Waals surface area contributed by atoms with Crippen LogP contribution < -0.4 is 10.6 Å². The number of aliphatic carboxylic acids is 1. The number of aromatic nitrogens is 2. The Kier molecular flexibility index (Phi) is 5.31. The number of hydrogen-bond donors (Lipinski definition) is 4. The van der Waals surface area contributed by atoms with Gasteiger partial charge < -0.3 is 20.8 Å². The largest absolute Gasteiger partial charge is 0.479 e. The third-order valence-corrected chi connectivity index (χ3v) is 2.54. The molecular formula is C11H18N4O4. The van der Waals surface area contributed by atoms with Crippen molar-refractivity contribution in [1.82, 2.24) is 20.4 Å². The molecule has 0 unspecified atom stereocenters. The Morgan fingerprint density at radius 1 is 1.47 bits per heavy atom. The molecule has 1 rings (SSSR count). The van der Waals surface area contributed by atoms with E-state index in [9.17, 15) is 9.59 Å². The molecule has 0 bridgehead atoms. The Bertz CT molecular complexity index is 458. The van der Waals surface area contributed by atoms with Gasteiger partial charge in [0.2, 0.25) is 0 Å². The lowest BCUT2D eigenvalue weighted by Crippen LogP contribution is -2.37. The monoisotopic (exact) mass is 270 g/mol. The van der Waals surface area contributed by atoms with E-state index in [4.69, 9.17) is 10.2 Å². The van der Waals surface area contributed by atoms with Crippen molar-refractivity contribution in [3.63, 3.8) is 0 Å². The molecule has 8 nitrogen and oxygen atoms in total. The van der Waals surface area contributed by atoms with Crippen molar-refractivity contribution < 1.29 is 19.8 Å². The average molecular weight is 270 g/mol. The molecule has 0 saturated heterocycles. The van der Waals surface area contributed by atoms with Gasteiger partial charge in [-0.05, 0) is 6.92 Å². The van der Waals surface area contributed by atoms with Crippen LogP contribution in [0.15, 0.2) is 6.20 Å². The molecule has 0 aliphatic heterocycles. The molecule has 4 N–H and O–H groups in total. The Morgan fingerprint density at radius 2 is 2.16 bits per heavy atom. The molecule has 19 heavy (non-hydrogen) atoms. The number of nitrogens with one attached hydrogen (secondary N) is 2. The number of carboxylic acid groups (broad SMARTS) is 1. The summed E-state index contributed by atoms with van der Waals surface area (Å²) in [4.78, 5) is 21.7. The summed E-state index contributed by atoms with van der Waals surface area (Å²) in [5.74, 6) is -1.30. The Labute approximate surface area is 110 Å². The number of aryl methyl sites for hydroxylation is 2. The second kappa shape index (κ2) is 6.74. The lowest BCUT2D eigenvalue weighted by Gasteiger charge is -2.08. The number of urea groups is 1. The molecule has 1 atom stereocenters. The van der Waals surface area contributed by atoms with Crippen LogP contribution in [0.1, 0.15) is 17.7 Å². The fourth-order valence-corrected chi connectivity index (χ4v) is 1.51. The molecule has 0 spiro atoms. The van der Waals surface area contributed by atoms with Crippen molar-refractivity contribution in [2.45, 2.75) is 26.0 Å². The van der Waals surface area contributed by atoms with Gasteiger partial charge in [-0.15, -0.1) is 0 Å². The number of aliphatic hydroxyl groups is 1. The Morgan fingerprint density at radius 3 is 2.68 bits per heavy atom. The summed E-state index contributed by atoms with van der Waals surface area (Å²) < 4.78 is 1.66. The van der Waals surface area contributed by atoms with E-state index in [1.165, 1.54) is 0 Å². The number of aliphatic hydroxyl groups excluding tert-OH is 1. The molecule has 0 fully saturated rings. The SMILES string of the molecule is Cc1nn(C)cc1CNC(=O)NCC[C@H](O)C(=O)O. The minimum Gasteiger partial charge on any atom is -0.479 e. The van der Waals surface area contributed by atoms with Gasteiger partial charge in [0.05, 0.1) is 5.69 Å². The lowest BCUT2D eigenvalue weighted by molar-refractivity contribution is -0.146. The van der Waals surface area contributed by atoms with Gasteiger partial charge in [0.15, 0.2) is 6.10 Å². The number of carbonyl (C=O) groups is 2. The van der Waals surface area contributed by atoms with Crippen LogP contribution in [0.2, 0.25) is 0 Å². The Hall–Kier alpha value is -2.09. The molecular weight excluding hydrogens is 252 g/mol. The highest BCUT2D eigenvalue weighted by Crippen LogP contribution is 2.03. The van der Waals surface area contributed by atoms with Crippen LogP contribution in [0.3, 0.4) is 0 Å². The predicted octanol–water partition coefficient (Wildman–Crippen LogP) is -0.637. The third-order valence-electron chi connectivity index (χ3n) is 2.54. The smallest absolute Gasteiger partial charge is 0.332 e. The average Bonchev–Trinajstić information content (AvgIpc) is 2.65. The quantitative estimate of drug-likeness (QED) is 0.549. The maximum atomic E-state index is 11.4.